The summed E-state index contributed by atoms with van der Waals surface area (Å²) in [6.45, 7) is 13.3. The van der Waals surface area contributed by atoms with Crippen molar-refractivity contribution in [3.63, 3.8) is 0 Å². The highest BCUT2D eigenvalue weighted by molar-refractivity contribution is 5.33. The summed E-state index contributed by atoms with van der Waals surface area (Å²) in [6, 6.07) is 9.85. The molecule has 0 saturated heterocycles. The third-order valence-electron chi connectivity index (χ3n) is 5.09. The van der Waals surface area contributed by atoms with E-state index in [1.807, 2.05) is 30.3 Å². The molecule has 0 spiro atoms. The van der Waals surface area contributed by atoms with Gasteiger partial charge in [-0.3, -0.25) is 0 Å². The van der Waals surface area contributed by atoms with E-state index in [4.69, 9.17) is 9.47 Å². The third-order valence-corrected chi connectivity index (χ3v) is 5.09. The molecule has 0 unspecified atom stereocenters. The van der Waals surface area contributed by atoms with Crippen LogP contribution in [-0.2, 0) is 4.74 Å². The number of hydrogen-bond acceptors (Lipinski definition) is 3. The van der Waals surface area contributed by atoms with Crippen LogP contribution in [0.4, 0.5) is 0 Å². The maximum atomic E-state index is 6.39. The molecule has 0 aromatic heterocycles. The molecule has 0 fully saturated rings. The Morgan fingerprint density at radius 2 is 1.81 bits per heavy atom. The molecule has 3 nitrogen and oxygen atoms in total. The molecule has 0 heterocycles. The van der Waals surface area contributed by atoms with Crippen LogP contribution >= 0.6 is 0 Å². The van der Waals surface area contributed by atoms with Gasteiger partial charge in [-0.25, -0.2) is 0 Å². The lowest BCUT2D eigenvalue weighted by molar-refractivity contribution is 0.274. The second kappa shape index (κ2) is 14.3. The van der Waals surface area contributed by atoms with Gasteiger partial charge in [0.1, 0.15) is 23.9 Å². The van der Waals surface area contributed by atoms with Gasteiger partial charge in [0.05, 0.1) is 0 Å². The molecule has 2 rings (SSSR count). The van der Waals surface area contributed by atoms with Crippen molar-refractivity contribution >= 4 is 0 Å². The highest BCUT2D eigenvalue weighted by Crippen LogP contribution is 2.23. The van der Waals surface area contributed by atoms with Crippen molar-refractivity contribution in [1.29, 1.82) is 0 Å². The highest BCUT2D eigenvalue weighted by atomic mass is 16.5. The van der Waals surface area contributed by atoms with E-state index in [-0.39, 0.29) is 0 Å². The standard InChI is InChI=1S/C28H39NO2/c1-5-7-19-29(20-8-6-2)22-28(31-27-17-13-10-14-18-27)25(4)21-24(3)23-30-26-15-11-9-12-16-26/h9-13,15-17,21-22H,3,5-8,14,18-20,23H2,1-2,4H3/b25-21-,28-22-. The van der Waals surface area contributed by atoms with Crippen LogP contribution < -0.4 is 4.74 Å². The summed E-state index contributed by atoms with van der Waals surface area (Å²) < 4.78 is 12.2. The Kier molecular flexibility index (Phi) is 11.4. The maximum absolute atomic E-state index is 6.39. The number of unbranched alkanes of at least 4 members (excludes halogenated alkanes) is 2. The first-order chi connectivity index (χ1) is 15.1. The van der Waals surface area contributed by atoms with Gasteiger partial charge >= 0.3 is 0 Å². The molecule has 1 aromatic rings. The average Bonchev–Trinajstić information content (AvgIpc) is 2.80. The normalized spacial score (nSPS) is 14.2. The van der Waals surface area contributed by atoms with Crippen molar-refractivity contribution in [1.82, 2.24) is 4.90 Å². The van der Waals surface area contributed by atoms with Gasteiger partial charge in [-0.1, -0.05) is 63.6 Å². The zero-order valence-corrected chi connectivity index (χ0v) is 19.6. The molecule has 1 aliphatic rings. The summed E-state index contributed by atoms with van der Waals surface area (Å²) in [5.74, 6) is 2.76. The molecular weight excluding hydrogens is 382 g/mol. The number of hydrogen-bond donors (Lipinski definition) is 0. The van der Waals surface area contributed by atoms with Crippen LogP contribution in [0.2, 0.25) is 0 Å². The van der Waals surface area contributed by atoms with Crippen LogP contribution in [-0.4, -0.2) is 24.6 Å². The first-order valence-corrected chi connectivity index (χ1v) is 11.7. The SMILES string of the molecule is C=C(/C=C(C)\C(=C\N(CCCC)CCCC)OC1=CC=CCC1)COc1ccccc1. The minimum atomic E-state index is 0.454. The first-order valence-electron chi connectivity index (χ1n) is 11.7. The van der Waals surface area contributed by atoms with Gasteiger partial charge in [-0.15, -0.1) is 0 Å². The highest BCUT2D eigenvalue weighted by Gasteiger charge is 2.11. The minimum Gasteiger partial charge on any atom is -0.489 e. The fourth-order valence-electron chi connectivity index (χ4n) is 3.26. The molecule has 1 aromatic carbocycles. The summed E-state index contributed by atoms with van der Waals surface area (Å²) in [6.07, 6.45) is 17.3. The number of rotatable bonds is 14. The van der Waals surface area contributed by atoms with Crippen LogP contribution in [0.3, 0.4) is 0 Å². The number of benzene rings is 1. The van der Waals surface area contributed by atoms with Gasteiger partial charge in [0.15, 0.2) is 0 Å². The Bertz CT molecular complexity index is 778. The molecule has 31 heavy (non-hydrogen) atoms. The predicted octanol–water partition coefficient (Wildman–Crippen LogP) is 7.56. The Labute approximate surface area is 189 Å². The molecule has 1 aliphatic carbocycles. The van der Waals surface area contributed by atoms with Crippen molar-refractivity contribution in [2.24, 2.45) is 0 Å². The molecule has 0 aliphatic heterocycles. The van der Waals surface area contributed by atoms with E-state index in [0.717, 1.165) is 54.3 Å². The van der Waals surface area contributed by atoms with Crippen molar-refractivity contribution < 1.29 is 9.47 Å². The molecule has 168 valence electrons. The molecule has 3 heteroatoms. The molecule has 0 bridgehead atoms. The monoisotopic (exact) mass is 421 g/mol. The van der Waals surface area contributed by atoms with Crippen molar-refractivity contribution in [2.45, 2.75) is 59.3 Å². The van der Waals surface area contributed by atoms with E-state index in [9.17, 15) is 0 Å². The summed E-state index contributed by atoms with van der Waals surface area (Å²) >= 11 is 0. The fraction of sp³-hybridized carbons (Fsp3) is 0.429. The van der Waals surface area contributed by atoms with Crippen LogP contribution in [0, 0.1) is 0 Å². The Morgan fingerprint density at radius 3 is 2.42 bits per heavy atom. The lowest BCUT2D eigenvalue weighted by Gasteiger charge is -2.23. The average molecular weight is 422 g/mol. The molecular formula is C28H39NO2. The van der Waals surface area contributed by atoms with E-state index in [0.29, 0.717) is 6.61 Å². The van der Waals surface area contributed by atoms with Gasteiger partial charge < -0.3 is 14.4 Å². The van der Waals surface area contributed by atoms with Crippen molar-refractivity contribution in [3.05, 3.63) is 90.1 Å². The lowest BCUT2D eigenvalue weighted by Crippen LogP contribution is -2.21. The quantitative estimate of drug-likeness (QED) is 0.228. The topological polar surface area (TPSA) is 21.7 Å². The molecule has 0 radical (unpaired) electrons. The van der Waals surface area contributed by atoms with E-state index in [2.05, 4.69) is 62.8 Å². The molecule has 0 atom stereocenters. The van der Waals surface area contributed by atoms with E-state index in [1.165, 1.54) is 25.7 Å². The Balaban J connectivity index is 2.15. The van der Waals surface area contributed by atoms with Crippen LogP contribution in [0.25, 0.3) is 0 Å². The number of nitrogens with zero attached hydrogens (tertiary/aromatic N) is 1. The van der Waals surface area contributed by atoms with Crippen LogP contribution in [0.5, 0.6) is 5.75 Å². The fourth-order valence-corrected chi connectivity index (χ4v) is 3.26. The van der Waals surface area contributed by atoms with Gasteiger partial charge in [0, 0.05) is 25.7 Å². The lowest BCUT2D eigenvalue weighted by atomic mass is 10.1. The number of ether oxygens (including phenoxy) is 2. The minimum absolute atomic E-state index is 0.454. The summed E-state index contributed by atoms with van der Waals surface area (Å²) in [5, 5.41) is 0. The third kappa shape index (κ3) is 9.78. The second-order valence-corrected chi connectivity index (χ2v) is 8.03. The largest absolute Gasteiger partial charge is 0.489 e. The summed E-state index contributed by atoms with van der Waals surface area (Å²) in [7, 11) is 0. The van der Waals surface area contributed by atoms with Crippen LogP contribution in [0.1, 0.15) is 59.3 Å². The van der Waals surface area contributed by atoms with Gasteiger partial charge in [0.2, 0.25) is 0 Å². The van der Waals surface area contributed by atoms with Gasteiger partial charge in [-0.2, -0.15) is 0 Å². The summed E-state index contributed by atoms with van der Waals surface area (Å²) in [5.41, 5.74) is 1.98. The predicted molar refractivity (Wildman–Crippen MR) is 132 cm³/mol. The van der Waals surface area contributed by atoms with E-state index in [1.54, 1.807) is 0 Å². The molecule has 0 N–H and O–H groups in total. The maximum Gasteiger partial charge on any atom is 0.145 e. The zero-order valence-electron chi connectivity index (χ0n) is 19.6. The molecule has 0 amide bonds. The van der Waals surface area contributed by atoms with E-state index < -0.39 is 0 Å². The van der Waals surface area contributed by atoms with Crippen LogP contribution in [0.15, 0.2) is 90.1 Å². The number of allylic oxidation sites excluding steroid dienone is 5. The van der Waals surface area contributed by atoms with E-state index >= 15 is 0 Å². The first kappa shape index (κ1) is 24.6. The van der Waals surface area contributed by atoms with Gasteiger partial charge in [-0.05, 0) is 61.6 Å². The van der Waals surface area contributed by atoms with Gasteiger partial charge in [0.25, 0.3) is 0 Å². The Morgan fingerprint density at radius 1 is 1.10 bits per heavy atom. The smallest absolute Gasteiger partial charge is 0.145 e. The van der Waals surface area contributed by atoms with Crippen molar-refractivity contribution in [2.75, 3.05) is 19.7 Å². The van der Waals surface area contributed by atoms with Crippen molar-refractivity contribution in [3.8, 4) is 5.75 Å². The zero-order chi connectivity index (χ0) is 22.3. The second-order valence-electron chi connectivity index (χ2n) is 8.03. The Hall–Kier alpha value is -2.68. The summed E-state index contributed by atoms with van der Waals surface area (Å²) in [4.78, 5) is 2.40. The molecule has 0 saturated carbocycles. The number of para-hydroxylation sites is 1.